The number of pyridine rings is 1. The van der Waals surface area contributed by atoms with E-state index in [1.165, 1.54) is 32.1 Å². The first-order valence-corrected chi connectivity index (χ1v) is 11.2. The summed E-state index contributed by atoms with van der Waals surface area (Å²) in [4.78, 5) is 26.1. The minimum atomic E-state index is -0.413. The van der Waals surface area contributed by atoms with Gasteiger partial charge in [0.2, 0.25) is 0 Å². The molecule has 0 aliphatic heterocycles. The van der Waals surface area contributed by atoms with Gasteiger partial charge in [0.25, 0.3) is 5.91 Å². The normalized spacial score (nSPS) is 14.2. The third-order valence-corrected chi connectivity index (χ3v) is 6.22. The first-order chi connectivity index (χ1) is 15.5. The molecule has 2 aromatic rings. The number of aryl methyl sites for hydroxylation is 1. The first kappa shape index (κ1) is 23.9. The monoisotopic (exact) mass is 442 g/mol. The summed E-state index contributed by atoms with van der Waals surface area (Å²) in [6.45, 7) is 3.14. The number of ether oxygens (including phenoxy) is 3. The fourth-order valence-corrected chi connectivity index (χ4v) is 4.60. The van der Waals surface area contributed by atoms with Crippen LogP contribution < -0.4 is 20.2 Å². The van der Waals surface area contributed by atoms with Crippen LogP contribution >= 0.6 is 0 Å². The van der Waals surface area contributed by atoms with Gasteiger partial charge in [-0.25, -0.2) is 0 Å². The van der Waals surface area contributed by atoms with Crippen LogP contribution in [0.25, 0.3) is 0 Å². The number of nitrogens with zero attached hydrogens (tertiary/aromatic N) is 1. The largest absolute Gasteiger partial charge is 0.493 e. The molecule has 1 aromatic carbocycles. The quantitative estimate of drug-likeness (QED) is 0.639. The van der Waals surface area contributed by atoms with Crippen LogP contribution in [-0.4, -0.2) is 31.8 Å². The van der Waals surface area contributed by atoms with E-state index in [1.807, 2.05) is 19.1 Å². The van der Waals surface area contributed by atoms with Crippen LogP contribution in [0.1, 0.15) is 59.4 Å². The fourth-order valence-electron chi connectivity index (χ4n) is 4.60. The van der Waals surface area contributed by atoms with E-state index in [-0.39, 0.29) is 24.1 Å². The molecule has 0 radical (unpaired) electrons. The van der Waals surface area contributed by atoms with Crippen molar-refractivity contribution >= 4 is 5.91 Å². The number of hydrogen-bond acceptors (Lipinski definition) is 5. The molecule has 32 heavy (non-hydrogen) atoms. The summed E-state index contributed by atoms with van der Waals surface area (Å²) in [5.74, 6) is 1.29. The highest BCUT2D eigenvalue weighted by Gasteiger charge is 2.23. The Hall–Kier alpha value is -2.80. The Kier molecular flexibility index (Phi) is 8.33. The van der Waals surface area contributed by atoms with Crippen LogP contribution in [0.15, 0.2) is 29.1 Å². The van der Waals surface area contributed by atoms with Crippen molar-refractivity contribution in [1.29, 1.82) is 0 Å². The van der Waals surface area contributed by atoms with Gasteiger partial charge in [0.05, 0.1) is 26.5 Å². The van der Waals surface area contributed by atoms with Gasteiger partial charge in [0.1, 0.15) is 5.56 Å². The Morgan fingerprint density at radius 3 is 2.53 bits per heavy atom. The molecule has 1 saturated carbocycles. The maximum absolute atomic E-state index is 13.2. The average molecular weight is 443 g/mol. The van der Waals surface area contributed by atoms with Crippen molar-refractivity contribution in [3.8, 4) is 11.5 Å². The summed E-state index contributed by atoms with van der Waals surface area (Å²) >= 11 is 0. The number of rotatable bonds is 9. The van der Waals surface area contributed by atoms with Crippen LogP contribution in [0.2, 0.25) is 0 Å². The van der Waals surface area contributed by atoms with E-state index in [2.05, 4.69) is 9.88 Å². The highest BCUT2D eigenvalue weighted by Crippen LogP contribution is 2.30. The zero-order valence-corrected chi connectivity index (χ0v) is 19.5. The molecule has 174 valence electrons. The van der Waals surface area contributed by atoms with Crippen molar-refractivity contribution in [3.63, 3.8) is 0 Å². The summed E-state index contributed by atoms with van der Waals surface area (Å²) < 4.78 is 18.3. The Morgan fingerprint density at radius 1 is 1.12 bits per heavy atom. The molecule has 1 heterocycles. The zero-order valence-electron chi connectivity index (χ0n) is 19.5. The molecule has 0 bridgehead atoms. The number of nitrogens with one attached hydrogen (secondary N) is 1. The van der Waals surface area contributed by atoms with Gasteiger partial charge >= 0.3 is 0 Å². The number of amides is 1. The van der Waals surface area contributed by atoms with Crippen LogP contribution in [-0.2, 0) is 24.4 Å². The Morgan fingerprint density at radius 2 is 1.88 bits per heavy atom. The van der Waals surface area contributed by atoms with E-state index in [4.69, 9.17) is 14.2 Å². The third-order valence-electron chi connectivity index (χ3n) is 6.22. The van der Waals surface area contributed by atoms with Gasteiger partial charge in [-0.05, 0) is 31.7 Å². The maximum atomic E-state index is 13.2. The summed E-state index contributed by atoms with van der Waals surface area (Å²) in [5.41, 5.74) is 2.12. The SMILES string of the molecule is COCc1c(C(=O)NCc2cccc(OC)c2OC)c(=O)cc(C)n1CC1CCCCC1. The van der Waals surface area contributed by atoms with E-state index < -0.39 is 5.91 Å². The molecular formula is C25H34N2O5. The Labute approximate surface area is 189 Å². The molecule has 0 atom stereocenters. The second-order valence-electron chi connectivity index (χ2n) is 8.35. The molecule has 0 unspecified atom stereocenters. The highest BCUT2D eigenvalue weighted by atomic mass is 16.5. The second-order valence-corrected chi connectivity index (χ2v) is 8.35. The minimum Gasteiger partial charge on any atom is -0.493 e. The molecular weight excluding hydrogens is 408 g/mol. The summed E-state index contributed by atoms with van der Waals surface area (Å²) in [7, 11) is 4.71. The van der Waals surface area contributed by atoms with Gasteiger partial charge in [-0.15, -0.1) is 0 Å². The van der Waals surface area contributed by atoms with E-state index in [1.54, 1.807) is 33.5 Å². The minimum absolute atomic E-state index is 0.148. The van der Waals surface area contributed by atoms with Crippen molar-refractivity contribution < 1.29 is 19.0 Å². The van der Waals surface area contributed by atoms with Gasteiger partial charge in [0.15, 0.2) is 16.9 Å². The van der Waals surface area contributed by atoms with Gasteiger partial charge in [-0.2, -0.15) is 0 Å². The molecule has 0 saturated heterocycles. The Bertz CT molecular complexity index is 993. The maximum Gasteiger partial charge on any atom is 0.257 e. The fraction of sp³-hybridized carbons (Fsp3) is 0.520. The average Bonchev–Trinajstić information content (AvgIpc) is 2.80. The molecule has 3 rings (SSSR count). The standard InChI is InChI=1S/C25H34N2O5/c1-17-13-21(28)23(20(16-30-2)27(17)15-18-9-6-5-7-10-18)25(29)26-14-19-11-8-12-22(31-3)24(19)32-4/h8,11-13,18H,5-7,9-10,14-16H2,1-4H3,(H,26,29). The van der Waals surface area contributed by atoms with Crippen molar-refractivity contribution in [2.75, 3.05) is 21.3 Å². The lowest BCUT2D eigenvalue weighted by molar-refractivity contribution is 0.0941. The molecule has 1 N–H and O–H groups in total. The van der Waals surface area contributed by atoms with Gasteiger partial charge in [-0.3, -0.25) is 9.59 Å². The number of carbonyl (C=O) groups is 1. The predicted molar refractivity (Wildman–Crippen MR) is 123 cm³/mol. The number of benzene rings is 1. The first-order valence-electron chi connectivity index (χ1n) is 11.2. The molecule has 0 spiro atoms. The number of para-hydroxylation sites is 1. The summed E-state index contributed by atoms with van der Waals surface area (Å²) in [5, 5.41) is 2.89. The van der Waals surface area contributed by atoms with Crippen molar-refractivity contribution in [1.82, 2.24) is 9.88 Å². The molecule has 1 fully saturated rings. The zero-order chi connectivity index (χ0) is 23.1. The second kappa shape index (κ2) is 11.2. The lowest BCUT2D eigenvalue weighted by atomic mass is 9.89. The lowest BCUT2D eigenvalue weighted by Crippen LogP contribution is -2.33. The van der Waals surface area contributed by atoms with E-state index in [0.717, 1.165) is 17.8 Å². The van der Waals surface area contributed by atoms with Gasteiger partial charge in [-0.1, -0.05) is 31.4 Å². The molecule has 1 aliphatic carbocycles. The third kappa shape index (κ3) is 5.33. The van der Waals surface area contributed by atoms with Crippen molar-refractivity contribution in [3.05, 3.63) is 57.0 Å². The van der Waals surface area contributed by atoms with E-state index >= 15 is 0 Å². The number of methoxy groups -OCH3 is 3. The predicted octanol–water partition coefficient (Wildman–Crippen LogP) is 3.83. The smallest absolute Gasteiger partial charge is 0.257 e. The molecule has 1 amide bonds. The van der Waals surface area contributed by atoms with E-state index in [9.17, 15) is 9.59 Å². The van der Waals surface area contributed by atoms with Crippen LogP contribution in [0, 0.1) is 12.8 Å². The number of aromatic nitrogens is 1. The molecule has 7 nitrogen and oxygen atoms in total. The molecule has 1 aliphatic rings. The summed E-state index contributed by atoms with van der Waals surface area (Å²) in [6.07, 6.45) is 6.11. The highest BCUT2D eigenvalue weighted by molar-refractivity contribution is 5.95. The topological polar surface area (TPSA) is 78.8 Å². The number of carbonyl (C=O) groups excluding carboxylic acids is 1. The van der Waals surface area contributed by atoms with Crippen LogP contribution in [0.5, 0.6) is 11.5 Å². The van der Waals surface area contributed by atoms with Crippen molar-refractivity contribution in [2.45, 2.75) is 58.7 Å². The van der Waals surface area contributed by atoms with Gasteiger partial charge in [0, 0.05) is 37.5 Å². The summed E-state index contributed by atoms with van der Waals surface area (Å²) in [6, 6.07) is 7.05. The lowest BCUT2D eigenvalue weighted by Gasteiger charge is -2.27. The number of hydrogen-bond donors (Lipinski definition) is 1. The van der Waals surface area contributed by atoms with E-state index in [0.29, 0.717) is 23.1 Å². The Balaban J connectivity index is 1.90. The van der Waals surface area contributed by atoms with Crippen LogP contribution in [0.3, 0.4) is 0 Å². The van der Waals surface area contributed by atoms with Crippen molar-refractivity contribution in [2.24, 2.45) is 5.92 Å². The molecule has 1 aromatic heterocycles. The van der Waals surface area contributed by atoms with Crippen LogP contribution in [0.4, 0.5) is 0 Å². The van der Waals surface area contributed by atoms with Gasteiger partial charge < -0.3 is 24.1 Å². The molecule has 7 heteroatoms.